The first-order chi connectivity index (χ1) is 20.3. The summed E-state index contributed by atoms with van der Waals surface area (Å²) in [5.41, 5.74) is 11.5. The molecule has 1 aliphatic rings. The van der Waals surface area contributed by atoms with Crippen LogP contribution in [0.15, 0.2) is 97.1 Å². The van der Waals surface area contributed by atoms with E-state index in [1.54, 1.807) is 10.4 Å². The van der Waals surface area contributed by atoms with Crippen molar-refractivity contribution in [2.45, 2.75) is 71.9 Å². The van der Waals surface area contributed by atoms with Crippen molar-refractivity contribution in [2.75, 3.05) is 0 Å². The number of fused-ring (bicyclic) bond motifs is 2. The van der Waals surface area contributed by atoms with E-state index in [1.807, 2.05) is 0 Å². The summed E-state index contributed by atoms with van der Waals surface area (Å²) < 4.78 is 0. The third-order valence-corrected chi connectivity index (χ3v) is 15.4. The summed E-state index contributed by atoms with van der Waals surface area (Å²) in [5, 5.41) is 8.85. The van der Waals surface area contributed by atoms with Crippen LogP contribution in [0.5, 0.6) is 0 Å². The molecule has 0 saturated heterocycles. The molecular weight excluding hydrogens is 723 g/mol. The summed E-state index contributed by atoms with van der Waals surface area (Å²) in [4.78, 5) is 0. The number of hydrogen-bond donors (Lipinski definition) is 0. The molecule has 0 aliphatic heterocycles. The van der Waals surface area contributed by atoms with Crippen LogP contribution in [-0.4, -0.2) is 8.07 Å². The van der Waals surface area contributed by atoms with Crippen molar-refractivity contribution < 1.29 is 25.8 Å². The van der Waals surface area contributed by atoms with Gasteiger partial charge in [-0.3, -0.25) is 0 Å². The van der Waals surface area contributed by atoms with Crippen molar-refractivity contribution >= 4 is 40.0 Å². The summed E-state index contributed by atoms with van der Waals surface area (Å²) >= 11 is 0. The molecule has 228 valence electrons. The van der Waals surface area contributed by atoms with Crippen LogP contribution < -0.4 is 10.4 Å². The molecule has 7 rings (SSSR count). The molecule has 0 heterocycles. The van der Waals surface area contributed by atoms with E-state index in [0.717, 1.165) is 5.54 Å². The van der Waals surface area contributed by atoms with E-state index >= 15 is 0 Å². The van der Waals surface area contributed by atoms with Gasteiger partial charge in [0.15, 0.2) is 0 Å². The van der Waals surface area contributed by atoms with Crippen molar-refractivity contribution in [2.24, 2.45) is 0 Å². The Kier molecular flexibility index (Phi) is 10.8. The van der Waals surface area contributed by atoms with Gasteiger partial charge >= 0.3 is 25.8 Å². The second-order valence-corrected chi connectivity index (χ2v) is 17.8. The molecule has 0 atom stereocenters. The molecule has 0 spiro atoms. The van der Waals surface area contributed by atoms with E-state index in [4.69, 9.17) is 0 Å². The van der Waals surface area contributed by atoms with Gasteiger partial charge < -0.3 is 14.9 Å². The molecule has 6 aromatic carbocycles. The van der Waals surface area contributed by atoms with E-state index in [2.05, 4.69) is 131 Å². The molecule has 0 N–H and O–H groups in total. The minimum absolute atomic E-state index is 0. The average Bonchev–Trinajstić information content (AvgIpc) is 3.61. The summed E-state index contributed by atoms with van der Waals surface area (Å²) in [6.45, 7) is 11.6. The second kappa shape index (κ2) is 13.9. The Bertz CT molecular complexity index is 1760. The predicted octanol–water partition coefficient (Wildman–Crippen LogP) is 11.4. The fourth-order valence-electron chi connectivity index (χ4n) is 8.15. The fourth-order valence-corrected chi connectivity index (χ4v) is 12.8. The van der Waals surface area contributed by atoms with Gasteiger partial charge in [0.2, 0.25) is 0 Å². The minimum Gasteiger partial charge on any atom is -0.358 e. The Morgan fingerprint density at radius 1 is 0.556 bits per heavy atom. The third-order valence-electron chi connectivity index (χ3n) is 10.2. The molecule has 1 fully saturated rings. The standard InChI is InChI=1S/C41H42Si.2CH3.Hf/c1-27-17-28(2)20-33(19-27)38-15-9-11-31-23-36(25-40(31)38)42(5,35-13-7-6-8-14-35)37-24-32-12-10-16-39(41(32)26-37)34-21-29(3)18-30(4)22-34;;;/h9-12,15-26,35H,6-8,13-14H2,1-5H3;2*1H3;/q-2;2*-1;+4. The minimum atomic E-state index is -2.06. The van der Waals surface area contributed by atoms with Crippen LogP contribution in [0.3, 0.4) is 0 Å². The van der Waals surface area contributed by atoms with Crippen LogP contribution in [0.1, 0.15) is 54.4 Å². The second-order valence-electron chi connectivity index (χ2n) is 13.4. The zero-order valence-electron chi connectivity index (χ0n) is 28.4. The number of aryl methyl sites for hydroxylation is 4. The van der Waals surface area contributed by atoms with Crippen molar-refractivity contribution in [1.29, 1.82) is 0 Å². The summed E-state index contributed by atoms with van der Waals surface area (Å²) in [6, 6.07) is 38.1. The SMILES string of the molecule is Cc1cc(C)cc(-c2cccc3[cH-]c([Si](C)(c4cc5c(-c6cc(C)cc(C)c6)cccc5[cH-]4)C4CCCCC4)cc23)c1.[CH3-].[CH3-].[Hf+4]. The zero-order chi connectivity index (χ0) is 29.0. The molecule has 0 unspecified atom stereocenters. The predicted molar refractivity (Wildman–Crippen MR) is 199 cm³/mol. The molecule has 0 amide bonds. The molecule has 2 heteroatoms. The summed E-state index contributed by atoms with van der Waals surface area (Å²) in [7, 11) is -2.06. The van der Waals surface area contributed by atoms with E-state index < -0.39 is 8.07 Å². The first-order valence-electron chi connectivity index (χ1n) is 15.9. The maximum atomic E-state index is 2.69. The molecule has 0 nitrogen and oxygen atoms in total. The van der Waals surface area contributed by atoms with E-state index in [0.29, 0.717) is 0 Å². The van der Waals surface area contributed by atoms with Crippen LogP contribution in [0.2, 0.25) is 12.1 Å². The topological polar surface area (TPSA) is 0 Å². The van der Waals surface area contributed by atoms with Crippen LogP contribution >= 0.6 is 0 Å². The molecule has 1 aliphatic carbocycles. The molecule has 6 aromatic rings. The van der Waals surface area contributed by atoms with Crippen molar-refractivity contribution in [3.63, 3.8) is 0 Å². The van der Waals surface area contributed by atoms with Gasteiger partial charge in [-0.2, -0.15) is 12.1 Å². The molecule has 45 heavy (non-hydrogen) atoms. The number of benzene rings is 4. The van der Waals surface area contributed by atoms with Gasteiger partial charge in [-0.15, -0.1) is 68.3 Å². The number of hydrogen-bond acceptors (Lipinski definition) is 0. The van der Waals surface area contributed by atoms with Crippen molar-refractivity contribution in [1.82, 2.24) is 0 Å². The third kappa shape index (κ3) is 6.43. The average molecular weight is 771 g/mol. The Morgan fingerprint density at radius 2 is 0.956 bits per heavy atom. The number of rotatable bonds is 5. The van der Waals surface area contributed by atoms with Gasteiger partial charge in [-0.1, -0.05) is 121 Å². The van der Waals surface area contributed by atoms with Gasteiger partial charge in [0.25, 0.3) is 0 Å². The maximum Gasteiger partial charge on any atom is 4.00 e. The largest absolute Gasteiger partial charge is 4.00 e. The fraction of sp³-hybridized carbons (Fsp3) is 0.256. The van der Waals surface area contributed by atoms with Crippen LogP contribution in [-0.2, 0) is 25.8 Å². The van der Waals surface area contributed by atoms with E-state index in [-0.39, 0.29) is 40.7 Å². The summed E-state index contributed by atoms with van der Waals surface area (Å²) in [5.74, 6) is 0. The molecule has 0 radical (unpaired) electrons. The normalized spacial score (nSPS) is 13.7. The van der Waals surface area contributed by atoms with Crippen LogP contribution in [0, 0.1) is 42.5 Å². The maximum absolute atomic E-state index is 2.69. The van der Waals surface area contributed by atoms with E-state index in [9.17, 15) is 0 Å². The summed E-state index contributed by atoms with van der Waals surface area (Å²) in [6.07, 6.45) is 6.85. The van der Waals surface area contributed by atoms with Gasteiger partial charge in [0.05, 0.1) is 8.07 Å². The smallest absolute Gasteiger partial charge is 0.358 e. The Hall–Kier alpha value is -2.81. The first kappa shape index (κ1) is 35.0. The van der Waals surface area contributed by atoms with E-state index in [1.165, 1.54) is 98.2 Å². The zero-order valence-corrected chi connectivity index (χ0v) is 32.9. The van der Waals surface area contributed by atoms with Gasteiger partial charge in [0, 0.05) is 0 Å². The quantitative estimate of drug-likeness (QED) is 0.121. The van der Waals surface area contributed by atoms with Crippen LogP contribution in [0.25, 0.3) is 43.8 Å². The monoisotopic (exact) mass is 772 g/mol. The van der Waals surface area contributed by atoms with Gasteiger partial charge in [-0.25, -0.2) is 0 Å². The Morgan fingerprint density at radius 3 is 1.36 bits per heavy atom. The van der Waals surface area contributed by atoms with Gasteiger partial charge in [0.1, 0.15) is 0 Å². The molecule has 1 saturated carbocycles. The Balaban J connectivity index is 0.00000154. The Labute approximate surface area is 292 Å². The molecule has 0 aromatic heterocycles. The molecular formula is C43H48HfSi. The van der Waals surface area contributed by atoms with Crippen molar-refractivity contribution in [3.8, 4) is 22.3 Å². The first-order valence-corrected chi connectivity index (χ1v) is 18.4. The van der Waals surface area contributed by atoms with Crippen LogP contribution in [0.4, 0.5) is 0 Å². The van der Waals surface area contributed by atoms with Crippen molar-refractivity contribution in [3.05, 3.63) is 134 Å². The molecule has 0 bridgehead atoms. The van der Waals surface area contributed by atoms with Gasteiger partial charge in [-0.05, 0) is 44.4 Å².